The van der Waals surface area contributed by atoms with Crippen molar-refractivity contribution in [2.75, 3.05) is 0 Å². The van der Waals surface area contributed by atoms with Crippen molar-refractivity contribution in [3.63, 3.8) is 0 Å². The quantitative estimate of drug-likeness (QED) is 0.441. The number of rotatable bonds is 3. The maximum Gasteiger partial charge on any atom is 0.270 e. The van der Waals surface area contributed by atoms with Gasteiger partial charge in [0.15, 0.2) is 0 Å². The molecule has 14 heavy (non-hydrogen) atoms. The van der Waals surface area contributed by atoms with E-state index in [1.807, 2.05) is 0 Å². The smallest absolute Gasteiger partial charge is 0.270 e. The summed E-state index contributed by atoms with van der Waals surface area (Å²) in [5, 5.41) is 10.4. The average Bonchev–Trinajstić information content (AvgIpc) is 2.16. The number of primary amides is 1. The van der Waals surface area contributed by atoms with Gasteiger partial charge in [-0.2, -0.15) is 0 Å². The molecule has 1 aromatic carbocycles. The first-order valence-corrected chi connectivity index (χ1v) is 3.76. The van der Waals surface area contributed by atoms with Gasteiger partial charge in [0.05, 0.1) is 4.92 Å². The number of hydrogen-bond acceptors (Lipinski definition) is 3. The molecule has 0 radical (unpaired) electrons. The highest BCUT2D eigenvalue weighted by molar-refractivity contribution is 6.17. The first-order valence-electron chi connectivity index (χ1n) is 3.76. The Morgan fingerprint density at radius 3 is 2.64 bits per heavy atom. The SMILES string of the molecule is C=C(C(N)=O)c1cccc([N+](=O)[O-])c1. The summed E-state index contributed by atoms with van der Waals surface area (Å²) in [6, 6.07) is 5.60. The third-order valence-electron chi connectivity index (χ3n) is 1.70. The molecule has 0 saturated carbocycles. The van der Waals surface area contributed by atoms with Gasteiger partial charge in [0.25, 0.3) is 5.69 Å². The summed E-state index contributed by atoms with van der Waals surface area (Å²) >= 11 is 0. The van der Waals surface area contributed by atoms with Gasteiger partial charge >= 0.3 is 0 Å². The second-order valence-corrected chi connectivity index (χ2v) is 2.65. The third-order valence-corrected chi connectivity index (χ3v) is 1.70. The van der Waals surface area contributed by atoms with Crippen molar-refractivity contribution in [1.29, 1.82) is 0 Å². The average molecular weight is 192 g/mol. The summed E-state index contributed by atoms with van der Waals surface area (Å²) in [5.41, 5.74) is 5.32. The number of carbonyl (C=O) groups is 1. The van der Waals surface area contributed by atoms with E-state index in [-0.39, 0.29) is 11.3 Å². The maximum absolute atomic E-state index is 10.7. The number of amides is 1. The molecule has 0 aromatic heterocycles. The Hall–Kier alpha value is -2.17. The number of non-ortho nitro benzene ring substituents is 1. The van der Waals surface area contributed by atoms with E-state index < -0.39 is 10.8 Å². The van der Waals surface area contributed by atoms with E-state index in [4.69, 9.17) is 5.73 Å². The second kappa shape index (κ2) is 3.69. The van der Waals surface area contributed by atoms with Crippen LogP contribution in [-0.4, -0.2) is 10.8 Å². The zero-order valence-electron chi connectivity index (χ0n) is 7.27. The van der Waals surface area contributed by atoms with Crippen LogP contribution in [0.25, 0.3) is 5.57 Å². The summed E-state index contributed by atoms with van der Waals surface area (Å²) < 4.78 is 0. The van der Waals surface area contributed by atoms with Crippen LogP contribution in [0.15, 0.2) is 30.8 Å². The predicted molar refractivity (Wildman–Crippen MR) is 51.3 cm³/mol. The van der Waals surface area contributed by atoms with Crippen LogP contribution < -0.4 is 5.73 Å². The van der Waals surface area contributed by atoms with Crippen LogP contribution in [0.2, 0.25) is 0 Å². The van der Waals surface area contributed by atoms with E-state index in [2.05, 4.69) is 6.58 Å². The van der Waals surface area contributed by atoms with E-state index >= 15 is 0 Å². The lowest BCUT2D eigenvalue weighted by Crippen LogP contribution is -2.11. The molecule has 72 valence electrons. The molecule has 0 aliphatic heterocycles. The molecule has 5 heteroatoms. The molecule has 1 aromatic rings. The molecule has 0 fully saturated rings. The Labute approximate surface area is 80.0 Å². The number of benzene rings is 1. The summed E-state index contributed by atoms with van der Waals surface area (Å²) in [7, 11) is 0. The van der Waals surface area contributed by atoms with E-state index in [0.717, 1.165) is 0 Å². The third kappa shape index (κ3) is 1.95. The minimum absolute atomic E-state index is 0.0636. The Kier molecular flexibility index (Phi) is 2.62. The van der Waals surface area contributed by atoms with Gasteiger partial charge in [-0.05, 0) is 5.56 Å². The molecule has 0 atom stereocenters. The van der Waals surface area contributed by atoms with Crippen LogP contribution in [0.3, 0.4) is 0 Å². The van der Waals surface area contributed by atoms with Crippen molar-refractivity contribution in [2.24, 2.45) is 5.73 Å². The fourth-order valence-corrected chi connectivity index (χ4v) is 0.949. The van der Waals surface area contributed by atoms with Crippen LogP contribution in [0.4, 0.5) is 5.69 Å². The number of nitro groups is 1. The Balaban J connectivity index is 3.12. The van der Waals surface area contributed by atoms with E-state index in [1.165, 1.54) is 18.2 Å². The molecule has 2 N–H and O–H groups in total. The number of nitrogens with two attached hydrogens (primary N) is 1. The van der Waals surface area contributed by atoms with Crippen LogP contribution in [0.1, 0.15) is 5.56 Å². The largest absolute Gasteiger partial charge is 0.366 e. The van der Waals surface area contributed by atoms with Gasteiger partial charge in [0, 0.05) is 17.7 Å². The normalized spacial score (nSPS) is 9.43. The number of nitro benzene ring substituents is 1. The molecular weight excluding hydrogens is 184 g/mol. The molecule has 0 aliphatic carbocycles. The lowest BCUT2D eigenvalue weighted by Gasteiger charge is -2.00. The standard InChI is InChI=1S/C9H8N2O3/c1-6(9(10)12)7-3-2-4-8(5-7)11(13)14/h2-5H,1H2,(H2,10,12). The Morgan fingerprint density at radius 2 is 2.14 bits per heavy atom. The predicted octanol–water partition coefficient (Wildman–Crippen LogP) is 1.09. The summed E-state index contributed by atoms with van der Waals surface area (Å²) in [6.07, 6.45) is 0. The summed E-state index contributed by atoms with van der Waals surface area (Å²) in [4.78, 5) is 20.6. The zero-order valence-corrected chi connectivity index (χ0v) is 7.27. The Bertz CT molecular complexity index is 412. The highest BCUT2D eigenvalue weighted by Crippen LogP contribution is 2.18. The zero-order chi connectivity index (χ0) is 10.7. The molecule has 0 bridgehead atoms. The molecule has 0 heterocycles. The number of nitrogens with zero attached hydrogens (tertiary/aromatic N) is 1. The fourth-order valence-electron chi connectivity index (χ4n) is 0.949. The second-order valence-electron chi connectivity index (χ2n) is 2.65. The van der Waals surface area contributed by atoms with E-state index in [9.17, 15) is 14.9 Å². The lowest BCUT2D eigenvalue weighted by molar-refractivity contribution is -0.384. The number of hydrogen-bond donors (Lipinski definition) is 1. The highest BCUT2D eigenvalue weighted by atomic mass is 16.6. The molecule has 0 spiro atoms. The molecule has 5 nitrogen and oxygen atoms in total. The fraction of sp³-hybridized carbons (Fsp3) is 0. The van der Waals surface area contributed by atoms with Gasteiger partial charge in [0.1, 0.15) is 0 Å². The van der Waals surface area contributed by atoms with Crippen LogP contribution >= 0.6 is 0 Å². The highest BCUT2D eigenvalue weighted by Gasteiger charge is 2.10. The van der Waals surface area contributed by atoms with Crippen molar-refractivity contribution in [3.8, 4) is 0 Å². The van der Waals surface area contributed by atoms with Gasteiger partial charge in [-0.25, -0.2) is 0 Å². The van der Waals surface area contributed by atoms with Gasteiger partial charge in [-0.15, -0.1) is 0 Å². The van der Waals surface area contributed by atoms with Crippen LogP contribution in [-0.2, 0) is 4.79 Å². The van der Waals surface area contributed by atoms with E-state index in [1.54, 1.807) is 6.07 Å². The van der Waals surface area contributed by atoms with Gasteiger partial charge in [-0.3, -0.25) is 14.9 Å². The maximum atomic E-state index is 10.7. The van der Waals surface area contributed by atoms with Gasteiger partial charge < -0.3 is 5.73 Å². The lowest BCUT2D eigenvalue weighted by atomic mass is 10.1. The minimum atomic E-state index is -0.689. The topological polar surface area (TPSA) is 86.2 Å². The summed E-state index contributed by atoms with van der Waals surface area (Å²) in [5.74, 6) is -0.689. The molecule has 0 saturated heterocycles. The first kappa shape index (κ1) is 9.91. The molecule has 1 rings (SSSR count). The van der Waals surface area contributed by atoms with Crippen LogP contribution in [0.5, 0.6) is 0 Å². The summed E-state index contributed by atoms with van der Waals surface area (Å²) in [6.45, 7) is 3.43. The van der Waals surface area contributed by atoms with Gasteiger partial charge in [-0.1, -0.05) is 18.7 Å². The van der Waals surface area contributed by atoms with Crippen molar-refractivity contribution < 1.29 is 9.72 Å². The Morgan fingerprint density at radius 1 is 1.50 bits per heavy atom. The molecule has 0 unspecified atom stereocenters. The van der Waals surface area contributed by atoms with Crippen molar-refractivity contribution in [1.82, 2.24) is 0 Å². The molecule has 1 amide bonds. The molecular formula is C9H8N2O3. The molecule has 0 aliphatic rings. The van der Waals surface area contributed by atoms with Crippen molar-refractivity contribution in [2.45, 2.75) is 0 Å². The number of carbonyl (C=O) groups excluding carboxylic acids is 1. The van der Waals surface area contributed by atoms with Crippen LogP contribution in [0, 0.1) is 10.1 Å². The first-order chi connectivity index (χ1) is 6.52. The van der Waals surface area contributed by atoms with E-state index in [0.29, 0.717) is 5.56 Å². The monoisotopic (exact) mass is 192 g/mol. The van der Waals surface area contributed by atoms with Crippen molar-refractivity contribution >= 4 is 17.2 Å². The van der Waals surface area contributed by atoms with Crippen molar-refractivity contribution in [3.05, 3.63) is 46.5 Å². The van der Waals surface area contributed by atoms with Gasteiger partial charge in [0.2, 0.25) is 5.91 Å². The minimum Gasteiger partial charge on any atom is -0.366 e.